The van der Waals surface area contributed by atoms with Crippen LogP contribution in [0, 0.1) is 27.7 Å². The average molecular weight is 417 g/mol. The summed E-state index contributed by atoms with van der Waals surface area (Å²) in [7, 11) is -3.64. The molecule has 1 amide bonds. The smallest absolute Gasteiger partial charge is 0.244 e. The van der Waals surface area contributed by atoms with Crippen molar-refractivity contribution in [1.82, 2.24) is 5.32 Å². The highest BCUT2D eigenvalue weighted by Gasteiger charge is 2.32. The van der Waals surface area contributed by atoms with Crippen molar-refractivity contribution >= 4 is 21.6 Å². The number of hydrogen-bond acceptors (Lipinski definition) is 3. The highest BCUT2D eigenvalue weighted by atomic mass is 32.2. The minimum Gasteiger partial charge on any atom is -0.348 e. The lowest BCUT2D eigenvalue weighted by Crippen LogP contribution is -2.49. The number of carbonyl (C=O) groups excluding carboxylic acids is 1. The van der Waals surface area contributed by atoms with E-state index < -0.39 is 16.1 Å². The van der Waals surface area contributed by atoms with E-state index in [1.165, 1.54) is 9.87 Å². The maximum absolute atomic E-state index is 13.2. The molecule has 2 rings (SSSR count). The predicted octanol–water partition coefficient (Wildman–Crippen LogP) is 4.34. The van der Waals surface area contributed by atoms with Crippen molar-refractivity contribution in [1.29, 1.82) is 0 Å². The zero-order valence-electron chi connectivity index (χ0n) is 18.4. The third-order valence-electron chi connectivity index (χ3n) is 5.29. The largest absolute Gasteiger partial charge is 0.348 e. The third-order valence-corrected chi connectivity index (χ3v) is 6.47. The van der Waals surface area contributed by atoms with Gasteiger partial charge in [-0.25, -0.2) is 8.42 Å². The summed E-state index contributed by atoms with van der Waals surface area (Å²) in [6, 6.07) is 10.4. The Hall–Kier alpha value is -2.34. The van der Waals surface area contributed by atoms with Crippen molar-refractivity contribution in [2.24, 2.45) is 0 Å². The predicted molar refractivity (Wildman–Crippen MR) is 120 cm³/mol. The number of rotatable bonds is 7. The maximum atomic E-state index is 13.2. The summed E-state index contributed by atoms with van der Waals surface area (Å²) in [6.07, 6.45) is 1.51. The van der Waals surface area contributed by atoms with Gasteiger partial charge in [-0.2, -0.15) is 0 Å². The van der Waals surface area contributed by atoms with Gasteiger partial charge in [0.25, 0.3) is 0 Å². The Bertz CT molecular complexity index is 999. The van der Waals surface area contributed by atoms with Gasteiger partial charge in [0.2, 0.25) is 15.9 Å². The first-order valence-electron chi connectivity index (χ1n) is 9.89. The molecule has 0 saturated carbocycles. The molecule has 0 aliphatic rings. The summed E-state index contributed by atoms with van der Waals surface area (Å²) in [5, 5.41) is 3.03. The fraction of sp³-hybridized carbons (Fsp3) is 0.435. The molecule has 2 atom stereocenters. The molecule has 158 valence electrons. The van der Waals surface area contributed by atoms with Gasteiger partial charge < -0.3 is 5.32 Å². The van der Waals surface area contributed by atoms with Crippen LogP contribution in [0.1, 0.15) is 54.1 Å². The Labute approximate surface area is 175 Å². The number of nitrogens with one attached hydrogen (secondary N) is 1. The Morgan fingerprint density at radius 2 is 1.66 bits per heavy atom. The second-order valence-corrected chi connectivity index (χ2v) is 9.70. The van der Waals surface area contributed by atoms with E-state index in [4.69, 9.17) is 0 Å². The molecular weight excluding hydrogens is 384 g/mol. The average Bonchev–Trinajstić information content (AvgIpc) is 2.61. The summed E-state index contributed by atoms with van der Waals surface area (Å²) in [4.78, 5) is 13.2. The van der Waals surface area contributed by atoms with E-state index in [9.17, 15) is 13.2 Å². The van der Waals surface area contributed by atoms with E-state index in [-0.39, 0.29) is 11.9 Å². The first kappa shape index (κ1) is 22.9. The van der Waals surface area contributed by atoms with Crippen LogP contribution < -0.4 is 9.62 Å². The molecule has 5 nitrogen and oxygen atoms in total. The minimum absolute atomic E-state index is 0.227. The summed E-state index contributed by atoms with van der Waals surface area (Å²) in [5.41, 5.74) is 5.95. The molecule has 2 aromatic carbocycles. The maximum Gasteiger partial charge on any atom is 0.244 e. The van der Waals surface area contributed by atoms with Crippen LogP contribution in [0.4, 0.5) is 5.69 Å². The number of aryl methyl sites for hydroxylation is 4. The van der Waals surface area contributed by atoms with Crippen molar-refractivity contribution in [3.63, 3.8) is 0 Å². The van der Waals surface area contributed by atoms with E-state index in [1.54, 1.807) is 18.2 Å². The molecule has 0 radical (unpaired) electrons. The highest BCUT2D eigenvalue weighted by Crippen LogP contribution is 2.25. The fourth-order valence-corrected chi connectivity index (χ4v) is 4.87. The summed E-state index contributed by atoms with van der Waals surface area (Å²) < 4.78 is 26.4. The van der Waals surface area contributed by atoms with Crippen LogP contribution in [-0.4, -0.2) is 26.6 Å². The molecule has 6 heteroatoms. The standard InChI is InChI=1S/C23H32N2O3S/c1-8-22(25(29(7,27)28)20-11-9-10-15(2)12-20)23(26)24-19(6)21-14-17(4)16(3)13-18(21)5/h9-14,19,22H,8H2,1-7H3,(H,24,26)/t19-,22+/m0/s1. The van der Waals surface area contributed by atoms with Gasteiger partial charge in [-0.15, -0.1) is 0 Å². The molecule has 2 aromatic rings. The lowest BCUT2D eigenvalue weighted by molar-refractivity contribution is -0.122. The number of nitrogens with zero attached hydrogens (tertiary/aromatic N) is 1. The Balaban J connectivity index is 2.36. The highest BCUT2D eigenvalue weighted by molar-refractivity contribution is 7.92. The van der Waals surface area contributed by atoms with Gasteiger partial charge in [-0.05, 0) is 81.0 Å². The molecule has 1 N–H and O–H groups in total. The van der Waals surface area contributed by atoms with Gasteiger partial charge in [0.05, 0.1) is 18.0 Å². The molecule has 0 aromatic heterocycles. The SMILES string of the molecule is CC[C@H](C(=O)N[C@@H](C)c1cc(C)c(C)cc1C)N(c1cccc(C)c1)S(C)(=O)=O. The van der Waals surface area contributed by atoms with Crippen LogP contribution in [0.2, 0.25) is 0 Å². The second kappa shape index (κ2) is 8.99. The summed E-state index contributed by atoms with van der Waals surface area (Å²) >= 11 is 0. The number of hydrogen-bond donors (Lipinski definition) is 1. The fourth-order valence-electron chi connectivity index (χ4n) is 3.66. The van der Waals surface area contributed by atoms with Crippen LogP contribution in [0.25, 0.3) is 0 Å². The van der Waals surface area contributed by atoms with Crippen molar-refractivity contribution in [2.75, 3.05) is 10.6 Å². The van der Waals surface area contributed by atoms with Gasteiger partial charge in [0, 0.05) is 0 Å². The summed E-state index contributed by atoms with van der Waals surface area (Å²) in [5.74, 6) is -0.301. The lowest BCUT2D eigenvalue weighted by atomic mass is 9.96. The van der Waals surface area contributed by atoms with Gasteiger partial charge in [-0.1, -0.05) is 31.2 Å². The van der Waals surface area contributed by atoms with Crippen LogP contribution in [-0.2, 0) is 14.8 Å². The second-order valence-electron chi connectivity index (χ2n) is 7.85. The van der Waals surface area contributed by atoms with E-state index in [0.717, 1.165) is 28.5 Å². The van der Waals surface area contributed by atoms with Crippen molar-refractivity contribution in [2.45, 2.75) is 60.0 Å². The zero-order chi connectivity index (χ0) is 21.9. The topological polar surface area (TPSA) is 66.5 Å². The molecule has 29 heavy (non-hydrogen) atoms. The number of anilines is 1. The molecule has 0 heterocycles. The monoisotopic (exact) mass is 416 g/mol. The molecular formula is C23H32N2O3S. The van der Waals surface area contributed by atoms with Crippen molar-refractivity contribution in [3.8, 4) is 0 Å². The zero-order valence-corrected chi connectivity index (χ0v) is 19.2. The molecule has 0 bridgehead atoms. The Morgan fingerprint density at radius 3 is 2.21 bits per heavy atom. The molecule has 0 unspecified atom stereocenters. The van der Waals surface area contributed by atoms with Crippen molar-refractivity contribution < 1.29 is 13.2 Å². The number of sulfonamides is 1. The van der Waals surface area contributed by atoms with Crippen molar-refractivity contribution in [3.05, 3.63) is 64.2 Å². The van der Waals surface area contributed by atoms with E-state index in [2.05, 4.69) is 24.4 Å². The molecule has 0 spiro atoms. The van der Waals surface area contributed by atoms with Crippen LogP contribution >= 0.6 is 0 Å². The van der Waals surface area contributed by atoms with E-state index in [1.807, 2.05) is 40.7 Å². The molecule has 0 fully saturated rings. The van der Waals surface area contributed by atoms with Crippen LogP contribution in [0.15, 0.2) is 36.4 Å². The minimum atomic E-state index is -3.64. The van der Waals surface area contributed by atoms with E-state index >= 15 is 0 Å². The quantitative estimate of drug-likeness (QED) is 0.730. The molecule has 0 aliphatic carbocycles. The number of benzene rings is 2. The van der Waals surface area contributed by atoms with Crippen LogP contribution in [0.5, 0.6) is 0 Å². The van der Waals surface area contributed by atoms with E-state index in [0.29, 0.717) is 12.1 Å². The Morgan fingerprint density at radius 1 is 1.03 bits per heavy atom. The molecule has 0 saturated heterocycles. The third kappa shape index (κ3) is 5.38. The van der Waals surface area contributed by atoms with Gasteiger partial charge in [-0.3, -0.25) is 9.10 Å². The first-order chi connectivity index (χ1) is 13.5. The first-order valence-corrected chi connectivity index (χ1v) is 11.7. The van der Waals surface area contributed by atoms with Crippen LogP contribution in [0.3, 0.4) is 0 Å². The van der Waals surface area contributed by atoms with Gasteiger partial charge >= 0.3 is 0 Å². The molecule has 0 aliphatic heterocycles. The lowest BCUT2D eigenvalue weighted by Gasteiger charge is -2.31. The van der Waals surface area contributed by atoms with Gasteiger partial charge in [0.1, 0.15) is 6.04 Å². The Kier molecular flexibility index (Phi) is 7.11. The number of carbonyl (C=O) groups is 1. The normalized spacial score (nSPS) is 13.6. The summed E-state index contributed by atoms with van der Waals surface area (Å²) in [6.45, 7) is 11.8. The number of amides is 1. The van der Waals surface area contributed by atoms with Gasteiger partial charge in [0.15, 0.2) is 0 Å².